The lowest BCUT2D eigenvalue weighted by atomic mass is 9.90. The Balaban J connectivity index is 1.48. The Morgan fingerprint density at radius 1 is 1.36 bits per heavy atom. The van der Waals surface area contributed by atoms with Gasteiger partial charge in [-0.15, -0.1) is 0 Å². The largest absolute Gasteiger partial charge is 0.427 e. The van der Waals surface area contributed by atoms with Gasteiger partial charge in [0.2, 0.25) is 0 Å². The first kappa shape index (κ1) is 10.6. The predicted molar refractivity (Wildman–Crippen MR) is 57.2 cm³/mol. The molecule has 0 radical (unpaired) electrons. The summed E-state index contributed by atoms with van der Waals surface area (Å²) < 4.78 is 16.2. The van der Waals surface area contributed by atoms with Crippen molar-refractivity contribution in [3.63, 3.8) is 0 Å². The molecule has 1 saturated heterocycles. The highest BCUT2D eigenvalue weighted by atomic mass is 28.2. The van der Waals surface area contributed by atoms with Gasteiger partial charge >= 0.3 is 0 Å². The quantitative estimate of drug-likeness (QED) is 0.372. The fraction of sp³-hybridized carbons (Fsp3) is 1.00. The number of rotatable bonds is 6. The zero-order valence-corrected chi connectivity index (χ0v) is 10.3. The van der Waals surface area contributed by atoms with Crippen LogP contribution in [0.15, 0.2) is 0 Å². The molecule has 0 aromatic heterocycles. The van der Waals surface area contributed by atoms with Crippen molar-refractivity contribution in [2.75, 3.05) is 20.3 Å². The number of hydrogen-bond acceptors (Lipinski definition) is 3. The third-order valence-corrected chi connectivity index (χ3v) is 4.09. The highest BCUT2D eigenvalue weighted by Gasteiger charge is 2.43. The molecular formula is C10H20O3Si. The first-order valence-electron chi connectivity index (χ1n) is 5.62. The molecule has 4 heteroatoms. The molecule has 3 nitrogen and oxygen atoms in total. The molecule has 82 valence electrons. The van der Waals surface area contributed by atoms with E-state index in [9.17, 15) is 0 Å². The van der Waals surface area contributed by atoms with Crippen molar-refractivity contribution in [3.8, 4) is 0 Å². The molecule has 2 rings (SSSR count). The van der Waals surface area contributed by atoms with Crippen molar-refractivity contribution in [1.82, 2.24) is 0 Å². The summed E-state index contributed by atoms with van der Waals surface area (Å²) in [5, 5.41) is 0. The average molecular weight is 216 g/mol. The maximum absolute atomic E-state index is 5.64. The third kappa shape index (κ3) is 3.05. The van der Waals surface area contributed by atoms with E-state index in [1.165, 1.54) is 19.3 Å². The second-order valence-electron chi connectivity index (χ2n) is 4.31. The zero-order chi connectivity index (χ0) is 9.80. The predicted octanol–water partition coefficient (Wildman–Crippen LogP) is 0.719. The molecule has 3 atom stereocenters. The van der Waals surface area contributed by atoms with Crippen LogP contribution >= 0.6 is 0 Å². The number of ether oxygens (including phenoxy) is 2. The molecular weight excluding hydrogens is 196 g/mol. The Morgan fingerprint density at radius 2 is 2.29 bits per heavy atom. The molecule has 1 heterocycles. The van der Waals surface area contributed by atoms with E-state index in [1.54, 1.807) is 7.11 Å². The highest BCUT2D eigenvalue weighted by Crippen LogP contribution is 2.39. The van der Waals surface area contributed by atoms with E-state index in [4.69, 9.17) is 13.9 Å². The van der Waals surface area contributed by atoms with Gasteiger partial charge in [0, 0.05) is 20.3 Å². The lowest BCUT2D eigenvalue weighted by Crippen LogP contribution is -2.18. The summed E-state index contributed by atoms with van der Waals surface area (Å²) in [5.74, 6) is 0.753. The van der Waals surface area contributed by atoms with Crippen molar-refractivity contribution in [2.45, 2.75) is 37.5 Å². The smallest absolute Gasteiger partial charge is 0.163 e. The minimum absolute atomic E-state index is 0.279. The molecule has 0 amide bonds. The van der Waals surface area contributed by atoms with Gasteiger partial charge in [0.05, 0.1) is 12.2 Å². The van der Waals surface area contributed by atoms with Crippen LogP contribution in [0.5, 0.6) is 0 Å². The Morgan fingerprint density at radius 3 is 3.07 bits per heavy atom. The van der Waals surface area contributed by atoms with Gasteiger partial charge in [-0.1, -0.05) is 0 Å². The summed E-state index contributed by atoms with van der Waals surface area (Å²) in [6.07, 6.45) is 4.98. The van der Waals surface area contributed by atoms with Gasteiger partial charge in [0.25, 0.3) is 0 Å². The van der Waals surface area contributed by atoms with Crippen LogP contribution in [0.2, 0.25) is 6.04 Å². The number of hydrogen-bond donors (Lipinski definition) is 0. The van der Waals surface area contributed by atoms with E-state index >= 15 is 0 Å². The van der Waals surface area contributed by atoms with E-state index < -0.39 is 0 Å². The minimum atomic E-state index is -0.279. The van der Waals surface area contributed by atoms with E-state index in [2.05, 4.69) is 0 Å². The van der Waals surface area contributed by atoms with Crippen LogP contribution in [0.3, 0.4) is 0 Å². The van der Waals surface area contributed by atoms with Crippen LogP contribution in [0.25, 0.3) is 0 Å². The summed E-state index contributed by atoms with van der Waals surface area (Å²) >= 11 is 0. The molecule has 2 aliphatic rings. The maximum atomic E-state index is 5.64. The zero-order valence-electron chi connectivity index (χ0n) is 8.91. The first-order chi connectivity index (χ1) is 6.90. The second kappa shape index (κ2) is 5.26. The van der Waals surface area contributed by atoms with Crippen LogP contribution in [0.1, 0.15) is 19.3 Å². The normalized spacial score (nSPS) is 36.2. The monoisotopic (exact) mass is 216 g/mol. The minimum Gasteiger partial charge on any atom is -0.427 e. The second-order valence-corrected chi connectivity index (χ2v) is 6.01. The van der Waals surface area contributed by atoms with Crippen LogP contribution in [0, 0.1) is 5.92 Å². The highest BCUT2D eigenvalue weighted by molar-refractivity contribution is 6.26. The van der Waals surface area contributed by atoms with Crippen molar-refractivity contribution in [1.29, 1.82) is 0 Å². The molecule has 3 unspecified atom stereocenters. The van der Waals surface area contributed by atoms with Gasteiger partial charge in [-0.25, -0.2) is 0 Å². The summed E-state index contributed by atoms with van der Waals surface area (Å²) in [5.41, 5.74) is 0. The van der Waals surface area contributed by atoms with E-state index in [0.717, 1.165) is 25.2 Å². The SMILES string of the molecule is CO[SiH2]CCOCC1CCC2OC2C1. The molecule has 0 aromatic carbocycles. The molecule has 2 fully saturated rings. The Bertz CT molecular complexity index is 177. The Hall–Kier alpha value is 0.0969. The van der Waals surface area contributed by atoms with E-state index in [0.29, 0.717) is 12.2 Å². The molecule has 1 aliphatic heterocycles. The molecule has 1 saturated carbocycles. The third-order valence-electron chi connectivity index (χ3n) is 3.10. The van der Waals surface area contributed by atoms with E-state index in [1.807, 2.05) is 0 Å². The molecule has 0 spiro atoms. The lowest BCUT2D eigenvalue weighted by Gasteiger charge is -2.18. The molecule has 0 bridgehead atoms. The van der Waals surface area contributed by atoms with Crippen molar-refractivity contribution < 1.29 is 13.9 Å². The Kier molecular flexibility index (Phi) is 3.98. The van der Waals surface area contributed by atoms with Crippen LogP contribution < -0.4 is 0 Å². The lowest BCUT2D eigenvalue weighted by molar-refractivity contribution is 0.0969. The standard InChI is InChI=1S/C10H20O3Si/c1-11-14-5-4-12-7-8-2-3-9-10(6-8)13-9/h8-10H,2-7,14H2,1H3. The van der Waals surface area contributed by atoms with Crippen molar-refractivity contribution >= 4 is 9.76 Å². The fourth-order valence-electron chi connectivity index (χ4n) is 2.19. The van der Waals surface area contributed by atoms with Crippen molar-refractivity contribution in [3.05, 3.63) is 0 Å². The first-order valence-corrected chi connectivity index (χ1v) is 7.20. The topological polar surface area (TPSA) is 31.0 Å². The molecule has 1 aliphatic carbocycles. The summed E-state index contributed by atoms with van der Waals surface area (Å²) in [6, 6.07) is 1.14. The van der Waals surface area contributed by atoms with Crippen LogP contribution in [-0.2, 0) is 13.9 Å². The molecule has 14 heavy (non-hydrogen) atoms. The van der Waals surface area contributed by atoms with Crippen LogP contribution in [-0.4, -0.2) is 42.3 Å². The van der Waals surface area contributed by atoms with Gasteiger partial charge in [0.15, 0.2) is 9.76 Å². The van der Waals surface area contributed by atoms with E-state index in [-0.39, 0.29) is 9.76 Å². The molecule has 0 N–H and O–H groups in total. The summed E-state index contributed by atoms with van der Waals surface area (Å²) in [4.78, 5) is 0. The van der Waals surface area contributed by atoms with Gasteiger partial charge in [0.1, 0.15) is 0 Å². The average Bonchev–Trinajstić information content (AvgIpc) is 2.95. The van der Waals surface area contributed by atoms with Gasteiger partial charge in [-0.3, -0.25) is 0 Å². The van der Waals surface area contributed by atoms with Gasteiger partial charge in [-0.2, -0.15) is 0 Å². The Labute approximate surface area is 88.1 Å². The fourth-order valence-corrected chi connectivity index (χ4v) is 2.80. The number of fused-ring (bicyclic) bond motifs is 1. The van der Waals surface area contributed by atoms with Gasteiger partial charge in [-0.05, 0) is 31.2 Å². The van der Waals surface area contributed by atoms with Crippen molar-refractivity contribution in [2.24, 2.45) is 5.92 Å². The number of epoxide rings is 1. The van der Waals surface area contributed by atoms with Gasteiger partial charge < -0.3 is 13.9 Å². The maximum Gasteiger partial charge on any atom is 0.163 e. The van der Waals surface area contributed by atoms with Crippen LogP contribution in [0.4, 0.5) is 0 Å². The summed E-state index contributed by atoms with van der Waals surface area (Å²) in [6.45, 7) is 1.83. The molecule has 0 aromatic rings. The summed E-state index contributed by atoms with van der Waals surface area (Å²) in [7, 11) is 1.51.